The summed E-state index contributed by atoms with van der Waals surface area (Å²) >= 11 is 0. The van der Waals surface area contributed by atoms with Crippen LogP contribution in [0.4, 0.5) is 16.2 Å². The van der Waals surface area contributed by atoms with E-state index in [2.05, 4.69) is 0 Å². The summed E-state index contributed by atoms with van der Waals surface area (Å²) in [7, 11) is 1.79. The number of nitrogens with two attached hydrogens (primary N) is 1. The van der Waals surface area contributed by atoms with Gasteiger partial charge in [0.1, 0.15) is 0 Å². The van der Waals surface area contributed by atoms with Crippen LogP contribution in [0.25, 0.3) is 0 Å². The molecule has 1 aromatic rings. The molecule has 0 saturated carbocycles. The highest BCUT2D eigenvalue weighted by Gasteiger charge is 2.21. The van der Waals surface area contributed by atoms with Gasteiger partial charge in [-0.25, -0.2) is 4.79 Å². The first-order chi connectivity index (χ1) is 8.70. The summed E-state index contributed by atoms with van der Waals surface area (Å²) in [4.78, 5) is 16.0. The highest BCUT2D eigenvalue weighted by atomic mass is 16.2. The molecule has 0 spiro atoms. The Balaban J connectivity index is 2.10. The average molecular weight is 247 g/mol. The number of amides is 2. The molecule has 1 saturated heterocycles. The van der Waals surface area contributed by atoms with Crippen LogP contribution >= 0.6 is 0 Å². The van der Waals surface area contributed by atoms with Gasteiger partial charge in [-0.05, 0) is 25.0 Å². The summed E-state index contributed by atoms with van der Waals surface area (Å²) in [5, 5.41) is 0. The van der Waals surface area contributed by atoms with E-state index in [4.69, 9.17) is 5.73 Å². The van der Waals surface area contributed by atoms with Crippen molar-refractivity contribution in [3.63, 3.8) is 0 Å². The SMILES string of the molecule is CN(C(=O)N1CCCCCC1)c1ccccc1N. The lowest BCUT2D eigenvalue weighted by Crippen LogP contribution is -2.42. The van der Waals surface area contributed by atoms with Crippen LogP contribution in [0.3, 0.4) is 0 Å². The van der Waals surface area contributed by atoms with Gasteiger partial charge in [0, 0.05) is 20.1 Å². The van der Waals surface area contributed by atoms with Crippen LogP contribution in [-0.4, -0.2) is 31.1 Å². The third kappa shape index (κ3) is 2.75. The minimum atomic E-state index is 0.0507. The van der Waals surface area contributed by atoms with E-state index in [1.165, 1.54) is 12.8 Å². The van der Waals surface area contributed by atoms with Gasteiger partial charge < -0.3 is 10.6 Å². The molecule has 1 aliphatic rings. The van der Waals surface area contributed by atoms with Crippen molar-refractivity contribution < 1.29 is 4.79 Å². The molecule has 4 nitrogen and oxygen atoms in total. The van der Waals surface area contributed by atoms with Gasteiger partial charge in [0.25, 0.3) is 0 Å². The molecule has 2 rings (SSSR count). The minimum absolute atomic E-state index is 0.0507. The topological polar surface area (TPSA) is 49.6 Å². The van der Waals surface area contributed by atoms with Gasteiger partial charge >= 0.3 is 6.03 Å². The monoisotopic (exact) mass is 247 g/mol. The zero-order valence-electron chi connectivity index (χ0n) is 10.9. The standard InChI is InChI=1S/C14H21N3O/c1-16(13-9-5-4-8-12(13)15)14(18)17-10-6-2-3-7-11-17/h4-5,8-9H,2-3,6-7,10-11,15H2,1H3. The number of anilines is 2. The Kier molecular flexibility index (Phi) is 4.07. The lowest BCUT2D eigenvalue weighted by molar-refractivity contribution is 0.208. The van der Waals surface area contributed by atoms with E-state index in [-0.39, 0.29) is 6.03 Å². The number of hydrogen-bond donors (Lipinski definition) is 1. The summed E-state index contributed by atoms with van der Waals surface area (Å²) in [5.74, 6) is 0. The van der Waals surface area contributed by atoms with Gasteiger partial charge in [0.15, 0.2) is 0 Å². The van der Waals surface area contributed by atoms with Gasteiger partial charge in [-0.15, -0.1) is 0 Å². The third-order valence-electron chi connectivity index (χ3n) is 3.46. The zero-order chi connectivity index (χ0) is 13.0. The van der Waals surface area contributed by atoms with Gasteiger partial charge in [-0.1, -0.05) is 25.0 Å². The van der Waals surface area contributed by atoms with Crippen molar-refractivity contribution in [2.45, 2.75) is 25.7 Å². The van der Waals surface area contributed by atoms with Gasteiger partial charge in [-0.2, -0.15) is 0 Å². The molecule has 1 fully saturated rings. The first kappa shape index (κ1) is 12.7. The largest absolute Gasteiger partial charge is 0.397 e. The Morgan fingerprint density at radius 2 is 1.78 bits per heavy atom. The molecule has 0 aromatic heterocycles. The van der Waals surface area contributed by atoms with E-state index >= 15 is 0 Å². The van der Waals surface area contributed by atoms with Crippen LogP contribution < -0.4 is 10.6 Å². The quantitative estimate of drug-likeness (QED) is 0.776. The van der Waals surface area contributed by atoms with Crippen LogP contribution in [0.2, 0.25) is 0 Å². The molecule has 1 aromatic carbocycles. The fraction of sp³-hybridized carbons (Fsp3) is 0.500. The lowest BCUT2D eigenvalue weighted by atomic mass is 10.2. The Morgan fingerprint density at radius 1 is 1.17 bits per heavy atom. The first-order valence-electron chi connectivity index (χ1n) is 6.57. The molecule has 0 unspecified atom stereocenters. The van der Waals surface area contributed by atoms with Gasteiger partial charge in [0.05, 0.1) is 11.4 Å². The van der Waals surface area contributed by atoms with Crippen LogP contribution in [0.5, 0.6) is 0 Å². The number of urea groups is 1. The molecule has 0 aliphatic carbocycles. The second-order valence-electron chi connectivity index (χ2n) is 4.80. The second-order valence-corrected chi connectivity index (χ2v) is 4.80. The number of carbonyl (C=O) groups excluding carboxylic acids is 1. The number of benzene rings is 1. The highest BCUT2D eigenvalue weighted by molar-refractivity contribution is 5.94. The number of likely N-dealkylation sites (tertiary alicyclic amines) is 1. The fourth-order valence-electron chi connectivity index (χ4n) is 2.37. The van der Waals surface area contributed by atoms with Crippen molar-refractivity contribution in [1.29, 1.82) is 0 Å². The highest BCUT2D eigenvalue weighted by Crippen LogP contribution is 2.23. The van der Waals surface area contributed by atoms with Crippen LogP contribution in [0, 0.1) is 0 Å². The Bertz CT molecular complexity index is 411. The second kappa shape index (κ2) is 5.76. The van der Waals surface area contributed by atoms with Crippen LogP contribution in [-0.2, 0) is 0 Å². The van der Waals surface area contributed by atoms with Crippen molar-refractivity contribution >= 4 is 17.4 Å². The molecule has 0 atom stereocenters. The molecule has 1 aliphatic heterocycles. The molecule has 2 N–H and O–H groups in total. The number of hydrogen-bond acceptors (Lipinski definition) is 2. The number of nitrogen functional groups attached to an aromatic ring is 1. The number of rotatable bonds is 1. The van der Waals surface area contributed by atoms with Crippen molar-refractivity contribution in [2.24, 2.45) is 0 Å². The summed E-state index contributed by atoms with van der Waals surface area (Å²) in [6.45, 7) is 1.71. The fourth-order valence-corrected chi connectivity index (χ4v) is 2.37. The number of para-hydroxylation sites is 2. The predicted molar refractivity (Wildman–Crippen MR) is 74.7 cm³/mol. The summed E-state index contributed by atoms with van der Waals surface area (Å²) in [6.07, 6.45) is 4.65. The van der Waals surface area contributed by atoms with E-state index in [1.54, 1.807) is 11.9 Å². The van der Waals surface area contributed by atoms with E-state index in [1.807, 2.05) is 29.2 Å². The number of carbonyl (C=O) groups is 1. The molecular weight excluding hydrogens is 226 g/mol. The van der Waals surface area contributed by atoms with Gasteiger partial charge in [-0.3, -0.25) is 4.90 Å². The molecule has 2 amide bonds. The zero-order valence-corrected chi connectivity index (χ0v) is 10.9. The Labute approximate surface area is 108 Å². The molecular formula is C14H21N3O. The lowest BCUT2D eigenvalue weighted by Gasteiger charge is -2.27. The Morgan fingerprint density at radius 3 is 2.39 bits per heavy atom. The predicted octanol–water partition coefficient (Wildman–Crippen LogP) is 2.70. The summed E-state index contributed by atoms with van der Waals surface area (Å²) in [6, 6.07) is 7.53. The average Bonchev–Trinajstić information content (AvgIpc) is 2.66. The van der Waals surface area contributed by atoms with E-state index in [0.717, 1.165) is 31.6 Å². The van der Waals surface area contributed by atoms with E-state index in [9.17, 15) is 4.79 Å². The van der Waals surface area contributed by atoms with E-state index < -0.39 is 0 Å². The normalized spacial score (nSPS) is 16.2. The maximum Gasteiger partial charge on any atom is 0.324 e. The smallest absolute Gasteiger partial charge is 0.324 e. The van der Waals surface area contributed by atoms with Crippen molar-refractivity contribution in [3.05, 3.63) is 24.3 Å². The first-order valence-corrected chi connectivity index (χ1v) is 6.57. The minimum Gasteiger partial charge on any atom is -0.397 e. The molecule has 4 heteroatoms. The summed E-state index contributed by atoms with van der Waals surface area (Å²) in [5.41, 5.74) is 7.33. The third-order valence-corrected chi connectivity index (χ3v) is 3.46. The van der Waals surface area contributed by atoms with Crippen LogP contribution in [0.1, 0.15) is 25.7 Å². The maximum absolute atomic E-state index is 12.4. The molecule has 0 bridgehead atoms. The molecule has 98 valence electrons. The Hall–Kier alpha value is -1.71. The summed E-state index contributed by atoms with van der Waals surface area (Å²) < 4.78 is 0. The van der Waals surface area contributed by atoms with Crippen molar-refractivity contribution in [1.82, 2.24) is 4.90 Å². The maximum atomic E-state index is 12.4. The van der Waals surface area contributed by atoms with E-state index in [0.29, 0.717) is 5.69 Å². The van der Waals surface area contributed by atoms with Crippen molar-refractivity contribution in [3.8, 4) is 0 Å². The molecule has 18 heavy (non-hydrogen) atoms. The van der Waals surface area contributed by atoms with Crippen LogP contribution in [0.15, 0.2) is 24.3 Å². The molecule has 0 radical (unpaired) electrons. The van der Waals surface area contributed by atoms with Gasteiger partial charge in [0.2, 0.25) is 0 Å². The number of nitrogens with zero attached hydrogens (tertiary/aromatic N) is 2. The van der Waals surface area contributed by atoms with Crippen molar-refractivity contribution in [2.75, 3.05) is 30.8 Å². The molecule has 1 heterocycles.